The van der Waals surface area contributed by atoms with Crippen LogP contribution in [0.15, 0.2) is 30.5 Å². The number of rotatable bonds is 10. The number of pyridine rings is 2. The summed E-state index contributed by atoms with van der Waals surface area (Å²) >= 11 is 6.52. The Bertz CT molecular complexity index is 1010. The summed E-state index contributed by atoms with van der Waals surface area (Å²) in [6, 6.07) is 8.16. The maximum atomic E-state index is 11.6. The van der Waals surface area contributed by atoms with Crippen LogP contribution in [0, 0.1) is 5.92 Å². The van der Waals surface area contributed by atoms with Crippen molar-refractivity contribution in [2.45, 2.75) is 50.1 Å². The molecule has 5 N–H and O–H groups in total. The molecule has 3 heterocycles. The first kappa shape index (κ1) is 26.6. The molecule has 0 unspecified atom stereocenters. The second kappa shape index (κ2) is 12.7. The summed E-state index contributed by atoms with van der Waals surface area (Å²) in [4.78, 5) is 20.9. The van der Waals surface area contributed by atoms with Gasteiger partial charge >= 0.3 is 0 Å². The molecular formula is C26H37ClN6O3. The molecule has 2 fully saturated rings. The zero-order valence-electron chi connectivity index (χ0n) is 20.9. The predicted octanol–water partition coefficient (Wildman–Crippen LogP) is 3.45. The molecule has 10 heteroatoms. The Morgan fingerprint density at radius 1 is 1.22 bits per heavy atom. The Morgan fingerprint density at radius 2 is 2.00 bits per heavy atom. The smallest absolute Gasteiger partial charge is 0.245 e. The van der Waals surface area contributed by atoms with Crippen molar-refractivity contribution in [1.29, 1.82) is 0 Å². The Kier molecular flexibility index (Phi) is 9.36. The molecule has 2 aromatic rings. The van der Waals surface area contributed by atoms with E-state index < -0.39 is 0 Å². The van der Waals surface area contributed by atoms with E-state index >= 15 is 0 Å². The molecule has 196 valence electrons. The Labute approximate surface area is 217 Å². The first-order chi connectivity index (χ1) is 17.4. The van der Waals surface area contributed by atoms with Crippen LogP contribution in [-0.4, -0.2) is 67.5 Å². The van der Waals surface area contributed by atoms with Gasteiger partial charge in [-0.05, 0) is 62.6 Å². The maximum absolute atomic E-state index is 11.6. The zero-order chi connectivity index (χ0) is 25.4. The van der Waals surface area contributed by atoms with Crippen LogP contribution in [0.4, 0.5) is 11.6 Å². The molecule has 1 amide bonds. The van der Waals surface area contributed by atoms with Gasteiger partial charge in [0.05, 0.1) is 10.7 Å². The third kappa shape index (κ3) is 7.52. The number of aromatic nitrogens is 2. The first-order valence-corrected chi connectivity index (χ1v) is 13.1. The van der Waals surface area contributed by atoms with Crippen molar-refractivity contribution in [2.24, 2.45) is 11.7 Å². The van der Waals surface area contributed by atoms with E-state index in [1.165, 1.54) is 7.11 Å². The fourth-order valence-corrected chi connectivity index (χ4v) is 4.98. The number of halogens is 1. The number of carbonyl (C=O) groups is 1. The van der Waals surface area contributed by atoms with Gasteiger partial charge < -0.3 is 31.2 Å². The summed E-state index contributed by atoms with van der Waals surface area (Å²) in [7, 11) is 1.53. The van der Waals surface area contributed by atoms with Gasteiger partial charge in [-0.1, -0.05) is 17.7 Å². The molecule has 1 saturated carbocycles. The number of nitrogens with two attached hydrogens (primary N) is 1. The fraction of sp³-hybridized carbons (Fsp3) is 0.577. The molecule has 1 aliphatic heterocycles. The molecule has 2 aliphatic rings. The normalized spacial score (nSPS) is 21.5. The van der Waals surface area contributed by atoms with Crippen LogP contribution >= 0.6 is 11.6 Å². The van der Waals surface area contributed by atoms with Gasteiger partial charge in [-0.15, -0.1) is 0 Å². The quantitative estimate of drug-likeness (QED) is 0.378. The molecule has 0 bridgehead atoms. The van der Waals surface area contributed by atoms with Crippen LogP contribution in [0.2, 0.25) is 5.02 Å². The van der Waals surface area contributed by atoms with Gasteiger partial charge in [0.1, 0.15) is 18.2 Å². The van der Waals surface area contributed by atoms with E-state index in [1.807, 2.05) is 24.3 Å². The highest BCUT2D eigenvalue weighted by Gasteiger charge is 2.28. The average molecular weight is 517 g/mol. The van der Waals surface area contributed by atoms with Gasteiger partial charge in [-0.3, -0.25) is 4.79 Å². The highest BCUT2D eigenvalue weighted by molar-refractivity contribution is 6.33. The van der Waals surface area contributed by atoms with Crippen LogP contribution in [0.25, 0.3) is 11.3 Å². The summed E-state index contributed by atoms with van der Waals surface area (Å²) in [5.41, 5.74) is 7.84. The molecule has 9 nitrogen and oxygen atoms in total. The number of amides is 1. The van der Waals surface area contributed by atoms with Crippen molar-refractivity contribution in [3.05, 3.63) is 35.5 Å². The van der Waals surface area contributed by atoms with E-state index in [1.54, 1.807) is 6.20 Å². The number of hydrogen-bond donors (Lipinski definition) is 4. The minimum atomic E-state index is -0.282. The molecule has 0 radical (unpaired) electrons. The van der Waals surface area contributed by atoms with Gasteiger partial charge in [-0.2, -0.15) is 0 Å². The second-order valence-electron chi connectivity index (χ2n) is 9.88. The lowest BCUT2D eigenvalue weighted by Gasteiger charge is -2.33. The van der Waals surface area contributed by atoms with Crippen LogP contribution in [-0.2, 0) is 14.3 Å². The standard InChI is InChI=1S/C26H37ClN6O3/c1-35-16-25(34)30-14-18-5-7-19(8-6-18)32-24-13-20(21(27)15-29-24)22-3-2-4-23(33-22)31-17-26(28)9-11-36-12-10-26/h2-4,13,15,18-19H,5-12,14,16-17,28H2,1H3,(H,29,32)(H,30,34)(H,31,33)/t18-,19-. The molecular weight excluding hydrogens is 480 g/mol. The molecule has 4 rings (SSSR count). The summed E-state index contributed by atoms with van der Waals surface area (Å²) in [5.74, 6) is 1.98. The minimum absolute atomic E-state index is 0.0605. The molecule has 2 aromatic heterocycles. The topological polar surface area (TPSA) is 123 Å². The third-order valence-corrected chi connectivity index (χ3v) is 7.35. The van der Waals surface area contributed by atoms with Crippen LogP contribution in [0.5, 0.6) is 0 Å². The number of ether oxygens (including phenoxy) is 2. The Morgan fingerprint density at radius 3 is 2.75 bits per heavy atom. The number of nitrogens with one attached hydrogen (secondary N) is 3. The van der Waals surface area contributed by atoms with E-state index in [0.29, 0.717) is 43.3 Å². The summed E-state index contributed by atoms with van der Waals surface area (Å²) in [6.45, 7) is 2.84. The van der Waals surface area contributed by atoms with Crippen molar-refractivity contribution in [1.82, 2.24) is 15.3 Å². The van der Waals surface area contributed by atoms with Crippen molar-refractivity contribution in [3.8, 4) is 11.3 Å². The van der Waals surface area contributed by atoms with Gasteiger partial charge in [0.15, 0.2) is 0 Å². The van der Waals surface area contributed by atoms with Crippen LogP contribution < -0.4 is 21.7 Å². The van der Waals surface area contributed by atoms with Gasteiger partial charge in [0.25, 0.3) is 0 Å². The van der Waals surface area contributed by atoms with Gasteiger partial charge in [0, 0.05) is 56.8 Å². The predicted molar refractivity (Wildman–Crippen MR) is 142 cm³/mol. The maximum Gasteiger partial charge on any atom is 0.245 e. The summed E-state index contributed by atoms with van der Waals surface area (Å²) in [5, 5.41) is 10.5. The third-order valence-electron chi connectivity index (χ3n) is 7.05. The number of methoxy groups -OCH3 is 1. The highest BCUT2D eigenvalue weighted by atomic mass is 35.5. The minimum Gasteiger partial charge on any atom is -0.381 e. The summed E-state index contributed by atoms with van der Waals surface area (Å²) in [6.07, 6.45) is 7.48. The number of hydrogen-bond acceptors (Lipinski definition) is 8. The van der Waals surface area contributed by atoms with Crippen molar-refractivity contribution >= 4 is 29.1 Å². The van der Waals surface area contributed by atoms with Crippen molar-refractivity contribution < 1.29 is 14.3 Å². The Hall–Kier alpha value is -2.46. The molecule has 36 heavy (non-hydrogen) atoms. The van der Waals surface area contributed by atoms with Crippen LogP contribution in [0.1, 0.15) is 38.5 Å². The van der Waals surface area contributed by atoms with E-state index in [9.17, 15) is 4.79 Å². The molecule has 0 atom stereocenters. The Balaban J connectivity index is 1.33. The van der Waals surface area contributed by atoms with Gasteiger partial charge in [0.2, 0.25) is 5.91 Å². The van der Waals surface area contributed by atoms with E-state index in [2.05, 4.69) is 20.9 Å². The van der Waals surface area contributed by atoms with Crippen molar-refractivity contribution in [3.63, 3.8) is 0 Å². The highest BCUT2D eigenvalue weighted by Crippen LogP contribution is 2.31. The number of carbonyl (C=O) groups excluding carboxylic acids is 1. The lowest BCUT2D eigenvalue weighted by Crippen LogP contribution is -2.50. The van der Waals surface area contributed by atoms with Gasteiger partial charge in [-0.25, -0.2) is 9.97 Å². The van der Waals surface area contributed by atoms with Crippen LogP contribution in [0.3, 0.4) is 0 Å². The van der Waals surface area contributed by atoms with Crippen molar-refractivity contribution in [2.75, 3.05) is 50.7 Å². The second-order valence-corrected chi connectivity index (χ2v) is 10.3. The SMILES string of the molecule is COCC(=O)NC[C@H]1CC[C@H](Nc2cc(-c3cccc(NCC4(N)CCOCC4)n3)c(Cl)cn2)CC1. The monoisotopic (exact) mass is 516 g/mol. The molecule has 0 aromatic carbocycles. The lowest BCUT2D eigenvalue weighted by molar-refractivity contribution is -0.124. The van der Waals surface area contributed by atoms with E-state index in [0.717, 1.165) is 61.4 Å². The fourth-order valence-electron chi connectivity index (χ4n) is 4.78. The lowest BCUT2D eigenvalue weighted by atomic mass is 9.86. The molecule has 0 spiro atoms. The number of nitrogens with zero attached hydrogens (tertiary/aromatic N) is 2. The van der Waals surface area contributed by atoms with E-state index in [4.69, 9.17) is 31.8 Å². The number of anilines is 2. The average Bonchev–Trinajstić information content (AvgIpc) is 2.89. The van der Waals surface area contributed by atoms with E-state index in [-0.39, 0.29) is 18.1 Å². The molecule has 1 aliphatic carbocycles. The zero-order valence-corrected chi connectivity index (χ0v) is 21.7. The molecule has 1 saturated heterocycles. The largest absolute Gasteiger partial charge is 0.381 e. The summed E-state index contributed by atoms with van der Waals surface area (Å²) < 4.78 is 10.3. The first-order valence-electron chi connectivity index (χ1n) is 12.7.